The van der Waals surface area contributed by atoms with Gasteiger partial charge in [-0.25, -0.2) is 0 Å². The van der Waals surface area contributed by atoms with Gasteiger partial charge in [0.05, 0.1) is 0 Å². The molecule has 0 fully saturated rings. The molecule has 0 bridgehead atoms. The summed E-state index contributed by atoms with van der Waals surface area (Å²) in [4.78, 5) is 0. The maximum absolute atomic E-state index is 2.19. The number of hydrogen-bond donors (Lipinski definition) is 0. The van der Waals surface area contributed by atoms with Crippen LogP contribution in [0.3, 0.4) is 0 Å². The van der Waals surface area contributed by atoms with Crippen molar-refractivity contribution >= 4 is 0 Å². The van der Waals surface area contributed by atoms with Crippen LogP contribution in [0.1, 0.15) is 33.6 Å². The van der Waals surface area contributed by atoms with E-state index in [1.165, 1.54) is 12.8 Å². The van der Waals surface area contributed by atoms with Crippen molar-refractivity contribution in [1.82, 2.24) is 0 Å². The standard InChI is InChI=1S/C6H13.Y/c1-4-6(3)5-2;/h4-5H2,1-3H3;/q-1;. The summed E-state index contributed by atoms with van der Waals surface area (Å²) in [6, 6.07) is 0. The molecule has 0 nitrogen and oxygen atoms in total. The second kappa shape index (κ2) is 7.10. The van der Waals surface area contributed by atoms with Gasteiger partial charge in [-0.15, -0.1) is 0 Å². The van der Waals surface area contributed by atoms with E-state index in [1.807, 2.05) is 0 Å². The van der Waals surface area contributed by atoms with Crippen LogP contribution in [0.15, 0.2) is 0 Å². The molecule has 0 aromatic carbocycles. The minimum absolute atomic E-state index is 0. The maximum Gasteiger partial charge on any atom is 0 e. The fourth-order valence-electron chi connectivity index (χ4n) is 0.250. The van der Waals surface area contributed by atoms with Crippen molar-refractivity contribution in [3.63, 3.8) is 0 Å². The molecule has 1 heteroatoms. The van der Waals surface area contributed by atoms with Crippen LogP contribution in [0, 0.1) is 5.92 Å². The summed E-state index contributed by atoms with van der Waals surface area (Å²) >= 11 is 0. The molecule has 0 unspecified atom stereocenters. The van der Waals surface area contributed by atoms with E-state index in [-0.39, 0.29) is 32.7 Å². The van der Waals surface area contributed by atoms with Crippen LogP contribution in [0.5, 0.6) is 0 Å². The molecule has 41 valence electrons. The Labute approximate surface area is 71.9 Å². The Bertz CT molecular complexity index is 23.4. The van der Waals surface area contributed by atoms with E-state index in [4.69, 9.17) is 0 Å². The topological polar surface area (TPSA) is 0 Å². The molecular formula is C6H13Y-. The average Bonchev–Trinajstić information content (AvgIpc) is 1.65. The van der Waals surface area contributed by atoms with Crippen molar-refractivity contribution in [2.75, 3.05) is 0 Å². The van der Waals surface area contributed by atoms with E-state index in [0.717, 1.165) is 0 Å². The molecule has 0 N–H and O–H groups in total. The first kappa shape index (κ1) is 11.0. The summed E-state index contributed by atoms with van der Waals surface area (Å²) in [6.07, 6.45) is 2.49. The third-order valence-electron chi connectivity index (χ3n) is 1.21. The maximum atomic E-state index is 2.19. The average molecular weight is 174 g/mol. The van der Waals surface area contributed by atoms with Gasteiger partial charge >= 0.3 is 0 Å². The molecule has 0 aliphatic rings. The molecular weight excluding hydrogens is 161 g/mol. The van der Waals surface area contributed by atoms with Crippen LogP contribution in [0.4, 0.5) is 0 Å². The molecule has 0 aromatic rings. The minimum atomic E-state index is 0. The quantitative estimate of drug-likeness (QED) is 0.564. The molecule has 0 rings (SSSR count). The fraction of sp³-hybridized carbons (Fsp3) is 0.833. The normalized spacial score (nSPS) is 8.57. The van der Waals surface area contributed by atoms with Crippen LogP contribution < -0.4 is 0 Å². The predicted octanol–water partition coefficient (Wildman–Crippen LogP) is 2.40. The zero-order chi connectivity index (χ0) is 4.99. The van der Waals surface area contributed by atoms with E-state index in [1.54, 1.807) is 5.92 Å². The molecule has 0 heterocycles. The summed E-state index contributed by atoms with van der Waals surface area (Å²) in [6.45, 7) is 6.58. The van der Waals surface area contributed by atoms with Crippen molar-refractivity contribution < 1.29 is 32.7 Å². The van der Waals surface area contributed by atoms with Gasteiger partial charge in [0.15, 0.2) is 0 Å². The van der Waals surface area contributed by atoms with Gasteiger partial charge in [0.25, 0.3) is 0 Å². The van der Waals surface area contributed by atoms with Crippen molar-refractivity contribution in [2.24, 2.45) is 0 Å². The predicted molar refractivity (Wildman–Crippen MR) is 29.5 cm³/mol. The van der Waals surface area contributed by atoms with Crippen LogP contribution >= 0.6 is 0 Å². The first-order valence-corrected chi connectivity index (χ1v) is 2.62. The third kappa shape index (κ3) is 7.10. The third-order valence-corrected chi connectivity index (χ3v) is 1.21. The van der Waals surface area contributed by atoms with E-state index in [9.17, 15) is 0 Å². The van der Waals surface area contributed by atoms with Gasteiger partial charge < -0.3 is 5.92 Å². The Kier molecular flexibility index (Phi) is 11.1. The summed E-state index contributed by atoms with van der Waals surface area (Å²) in [5.74, 6) is 1.59. The summed E-state index contributed by atoms with van der Waals surface area (Å²) < 4.78 is 0. The van der Waals surface area contributed by atoms with Crippen LogP contribution in [0.2, 0.25) is 0 Å². The first-order valence-electron chi connectivity index (χ1n) is 2.62. The second-order valence-corrected chi connectivity index (χ2v) is 1.66. The van der Waals surface area contributed by atoms with Gasteiger partial charge in [-0.1, -0.05) is 13.8 Å². The van der Waals surface area contributed by atoms with Gasteiger partial charge in [0.2, 0.25) is 0 Å². The number of rotatable bonds is 2. The van der Waals surface area contributed by atoms with Gasteiger partial charge in [0, 0.05) is 32.7 Å². The molecule has 0 atom stereocenters. The van der Waals surface area contributed by atoms with Gasteiger partial charge in [0.1, 0.15) is 0 Å². The van der Waals surface area contributed by atoms with Crippen LogP contribution in [-0.2, 0) is 32.7 Å². The van der Waals surface area contributed by atoms with Crippen molar-refractivity contribution in [3.8, 4) is 0 Å². The van der Waals surface area contributed by atoms with Crippen LogP contribution in [-0.4, -0.2) is 0 Å². The van der Waals surface area contributed by atoms with Crippen molar-refractivity contribution in [1.29, 1.82) is 0 Å². The molecule has 0 aliphatic carbocycles. The zero-order valence-electron chi connectivity index (χ0n) is 5.49. The molecule has 0 aliphatic heterocycles. The zero-order valence-corrected chi connectivity index (χ0v) is 8.33. The van der Waals surface area contributed by atoms with E-state index in [2.05, 4.69) is 20.8 Å². The van der Waals surface area contributed by atoms with Crippen molar-refractivity contribution in [3.05, 3.63) is 5.92 Å². The summed E-state index contributed by atoms with van der Waals surface area (Å²) in [5.41, 5.74) is 0. The molecule has 0 amide bonds. The monoisotopic (exact) mass is 174 g/mol. The second-order valence-electron chi connectivity index (χ2n) is 1.66. The van der Waals surface area contributed by atoms with Gasteiger partial charge in [-0.3, -0.25) is 0 Å². The van der Waals surface area contributed by atoms with E-state index < -0.39 is 0 Å². The Morgan fingerprint density at radius 2 is 1.43 bits per heavy atom. The van der Waals surface area contributed by atoms with Crippen molar-refractivity contribution in [2.45, 2.75) is 33.6 Å². The number of hydrogen-bond acceptors (Lipinski definition) is 0. The Morgan fingerprint density at radius 3 is 1.43 bits per heavy atom. The largest absolute Gasteiger partial charge is 0.317 e. The fourth-order valence-corrected chi connectivity index (χ4v) is 0.250. The van der Waals surface area contributed by atoms with E-state index in [0.29, 0.717) is 0 Å². The first-order chi connectivity index (χ1) is 2.81. The van der Waals surface area contributed by atoms with Gasteiger partial charge in [-0.05, 0) is 0 Å². The molecule has 0 saturated heterocycles. The molecule has 1 radical (unpaired) electrons. The molecule has 0 spiro atoms. The molecule has 0 saturated carbocycles. The SMILES string of the molecule is CC[C-](C)CC.[Y]. The summed E-state index contributed by atoms with van der Waals surface area (Å²) in [5, 5.41) is 0. The van der Waals surface area contributed by atoms with Gasteiger partial charge in [-0.2, -0.15) is 19.8 Å². The minimum Gasteiger partial charge on any atom is -0.317 e. The Morgan fingerprint density at radius 1 is 1.14 bits per heavy atom. The Balaban J connectivity index is 0. The smallest absolute Gasteiger partial charge is 0 e. The Hall–Kier alpha value is 1.10. The molecule has 7 heavy (non-hydrogen) atoms. The molecule has 0 aromatic heterocycles. The van der Waals surface area contributed by atoms with E-state index >= 15 is 0 Å². The van der Waals surface area contributed by atoms with Crippen LogP contribution in [0.25, 0.3) is 0 Å². The summed E-state index contributed by atoms with van der Waals surface area (Å²) in [7, 11) is 0.